The molecule has 9 rings (SSSR count). The Morgan fingerprint density at radius 2 is 1.27 bits per heavy atom. The molecule has 0 aliphatic carbocycles. The first-order chi connectivity index (χ1) is 26.2. The van der Waals surface area contributed by atoms with E-state index < -0.39 is 0 Å². The van der Waals surface area contributed by atoms with Crippen molar-refractivity contribution in [3.8, 4) is 33.6 Å². The monoisotopic (exact) mass is 897 g/mol. The van der Waals surface area contributed by atoms with Crippen molar-refractivity contribution < 1.29 is 28.9 Å². The van der Waals surface area contributed by atoms with E-state index in [2.05, 4.69) is 123 Å². The predicted molar refractivity (Wildman–Crippen MR) is 224 cm³/mol. The van der Waals surface area contributed by atoms with Crippen molar-refractivity contribution in [1.29, 1.82) is 0 Å². The van der Waals surface area contributed by atoms with Crippen LogP contribution in [0.1, 0.15) is 49.9 Å². The largest absolute Gasteiger partial charge is 0.455 e. The summed E-state index contributed by atoms with van der Waals surface area (Å²) >= 11 is 0. The van der Waals surface area contributed by atoms with Crippen LogP contribution in [-0.2, 0) is 32.9 Å². The third kappa shape index (κ3) is 7.78. The fourth-order valence-corrected chi connectivity index (χ4v) is 7.33. The van der Waals surface area contributed by atoms with Crippen molar-refractivity contribution in [3.63, 3.8) is 0 Å². The number of benzene rings is 5. The van der Waals surface area contributed by atoms with Gasteiger partial charge in [-0.3, -0.25) is 0 Å². The van der Waals surface area contributed by atoms with Crippen LogP contribution in [-0.4, -0.2) is 9.97 Å². The molecule has 4 heterocycles. The molecule has 1 radical (unpaired) electrons. The summed E-state index contributed by atoms with van der Waals surface area (Å²) in [5.74, 6) is 1.06. The first-order valence-electron chi connectivity index (χ1n) is 18.9. The second-order valence-electron chi connectivity index (χ2n) is 15.2. The summed E-state index contributed by atoms with van der Waals surface area (Å²) in [4.78, 5) is 9.01. The molecule has 0 aliphatic rings. The van der Waals surface area contributed by atoms with Gasteiger partial charge in [0, 0.05) is 54.2 Å². The zero-order valence-electron chi connectivity index (χ0n) is 32.2. The molecule has 9 aromatic rings. The van der Waals surface area contributed by atoms with Gasteiger partial charge in [0.15, 0.2) is 0 Å². The summed E-state index contributed by atoms with van der Waals surface area (Å²) in [6.45, 7) is 13.1. The molecule has 4 aromatic heterocycles. The molecule has 5 aromatic carbocycles. The van der Waals surface area contributed by atoms with Gasteiger partial charge in [0.05, 0.1) is 5.39 Å². The SMILES string of the molecule is CC(C)Cc1cccc2c1oc1c2cc(-c2ccnc(-c3[c-]cccc3)c2)c2oc3c(CC(C)C)cccc3c21.Cc1c[c-]c(-c2ccc(C)cn2)cc1.[Ir]. The van der Waals surface area contributed by atoms with Crippen molar-refractivity contribution in [2.75, 3.05) is 0 Å². The zero-order chi connectivity index (χ0) is 37.3. The molecule has 0 fully saturated rings. The van der Waals surface area contributed by atoms with Crippen molar-refractivity contribution in [1.82, 2.24) is 9.97 Å². The number of rotatable bonds is 7. The van der Waals surface area contributed by atoms with Crippen molar-refractivity contribution in [2.45, 2.75) is 54.4 Å². The first-order valence-corrected chi connectivity index (χ1v) is 18.9. The van der Waals surface area contributed by atoms with Crippen LogP contribution in [0.25, 0.3) is 77.5 Å². The Balaban J connectivity index is 0.000000262. The molecule has 0 spiro atoms. The van der Waals surface area contributed by atoms with E-state index in [0.29, 0.717) is 11.8 Å². The number of furan rings is 2. The van der Waals surface area contributed by atoms with E-state index in [9.17, 15) is 0 Å². The minimum Gasteiger partial charge on any atom is -0.455 e. The third-order valence-electron chi connectivity index (χ3n) is 9.86. The second kappa shape index (κ2) is 16.2. The minimum absolute atomic E-state index is 0. The topological polar surface area (TPSA) is 52.1 Å². The molecule has 0 bridgehead atoms. The maximum Gasteiger partial charge on any atom is 0.147 e. The molecule has 0 amide bonds. The van der Waals surface area contributed by atoms with Gasteiger partial charge in [-0.2, -0.15) is 0 Å². The second-order valence-corrected chi connectivity index (χ2v) is 15.2. The maximum atomic E-state index is 6.83. The summed E-state index contributed by atoms with van der Waals surface area (Å²) < 4.78 is 13.6. The van der Waals surface area contributed by atoms with Gasteiger partial charge in [0.25, 0.3) is 0 Å². The van der Waals surface area contributed by atoms with Crippen LogP contribution in [0, 0.1) is 37.8 Å². The number of aryl methyl sites for hydroxylation is 2. The van der Waals surface area contributed by atoms with Gasteiger partial charge in [-0.15, -0.1) is 71.3 Å². The minimum atomic E-state index is 0. The molecule has 55 heavy (non-hydrogen) atoms. The van der Waals surface area contributed by atoms with E-state index in [1.165, 1.54) is 22.3 Å². The van der Waals surface area contributed by atoms with Crippen LogP contribution in [0.5, 0.6) is 0 Å². The summed E-state index contributed by atoms with van der Waals surface area (Å²) in [5.41, 5.74) is 14.6. The summed E-state index contributed by atoms with van der Waals surface area (Å²) in [6, 6.07) is 44.2. The molecule has 0 N–H and O–H groups in total. The Labute approximate surface area is 337 Å². The molecular formula is C50H44IrN2O2-2. The molecule has 0 saturated carbocycles. The van der Waals surface area contributed by atoms with Gasteiger partial charge < -0.3 is 18.8 Å². The average Bonchev–Trinajstić information content (AvgIpc) is 3.76. The van der Waals surface area contributed by atoms with Crippen LogP contribution in [0.4, 0.5) is 0 Å². The third-order valence-corrected chi connectivity index (χ3v) is 9.86. The van der Waals surface area contributed by atoms with Crippen molar-refractivity contribution in [2.24, 2.45) is 11.8 Å². The Hall–Kier alpha value is -5.35. The maximum absolute atomic E-state index is 6.83. The van der Waals surface area contributed by atoms with Gasteiger partial charge in [-0.25, -0.2) is 0 Å². The van der Waals surface area contributed by atoms with Crippen LogP contribution < -0.4 is 0 Å². The van der Waals surface area contributed by atoms with Gasteiger partial charge in [-0.1, -0.05) is 89.2 Å². The first kappa shape index (κ1) is 37.9. The van der Waals surface area contributed by atoms with Gasteiger partial charge in [0.1, 0.15) is 22.3 Å². The van der Waals surface area contributed by atoms with E-state index in [0.717, 1.165) is 90.4 Å². The number of pyridine rings is 2. The fraction of sp³-hybridized carbons (Fsp3) is 0.200. The van der Waals surface area contributed by atoms with E-state index in [1.807, 2.05) is 61.8 Å². The zero-order valence-corrected chi connectivity index (χ0v) is 34.6. The van der Waals surface area contributed by atoms with Gasteiger partial charge >= 0.3 is 0 Å². The Morgan fingerprint density at radius 3 is 1.93 bits per heavy atom. The summed E-state index contributed by atoms with van der Waals surface area (Å²) in [5, 5.41) is 4.42. The van der Waals surface area contributed by atoms with E-state index in [4.69, 9.17) is 8.83 Å². The van der Waals surface area contributed by atoms with Crippen LogP contribution in [0.3, 0.4) is 0 Å². The molecular weight excluding hydrogens is 853 g/mol. The smallest absolute Gasteiger partial charge is 0.147 e. The van der Waals surface area contributed by atoms with E-state index in [-0.39, 0.29) is 20.1 Å². The molecule has 0 saturated heterocycles. The Bertz CT molecular complexity index is 2680. The van der Waals surface area contributed by atoms with Gasteiger partial charge in [0.2, 0.25) is 0 Å². The number of aromatic nitrogens is 2. The molecule has 0 unspecified atom stereocenters. The molecule has 4 nitrogen and oxygen atoms in total. The molecule has 0 atom stereocenters. The quantitative estimate of drug-likeness (QED) is 0.150. The van der Waals surface area contributed by atoms with Crippen LogP contribution in [0.15, 0.2) is 130 Å². The Kier molecular flexibility index (Phi) is 11.2. The molecule has 0 aliphatic heterocycles. The number of hydrogen-bond acceptors (Lipinski definition) is 4. The van der Waals surface area contributed by atoms with Crippen molar-refractivity contribution in [3.05, 3.63) is 156 Å². The van der Waals surface area contributed by atoms with Crippen molar-refractivity contribution >= 4 is 43.9 Å². The average molecular weight is 897 g/mol. The number of hydrogen-bond donors (Lipinski definition) is 0. The number of para-hydroxylation sites is 2. The van der Waals surface area contributed by atoms with Gasteiger partial charge in [-0.05, 0) is 77.4 Å². The Morgan fingerprint density at radius 1 is 0.582 bits per heavy atom. The summed E-state index contributed by atoms with van der Waals surface area (Å²) in [7, 11) is 0. The standard InChI is InChI=1S/C37H32NO2.C13H12N.Ir/c1-22(2)18-26-12-8-14-28-31-21-30(25-16-17-38-32(20-25)24-10-6-5-7-11-24)36-33(37(31)39-34(26)28)29-15-9-13-27(19-23(3)4)35(29)40-36;1-10-3-6-12(7-4-10)13-8-5-11(2)9-14-13;/h5-10,12-17,20-23H,18-19H2,1-4H3;3-6,8-9H,1-2H3;/q2*-1;. The molecule has 5 heteroatoms. The fourth-order valence-electron chi connectivity index (χ4n) is 7.33. The predicted octanol–water partition coefficient (Wildman–Crippen LogP) is 13.6. The van der Waals surface area contributed by atoms with E-state index in [1.54, 1.807) is 0 Å². The van der Waals surface area contributed by atoms with Crippen LogP contribution in [0.2, 0.25) is 0 Å². The molecule has 277 valence electrons. The normalized spacial score (nSPS) is 11.4. The number of fused-ring (bicyclic) bond motifs is 7. The van der Waals surface area contributed by atoms with E-state index >= 15 is 0 Å². The number of nitrogens with zero attached hydrogens (tertiary/aromatic N) is 2. The van der Waals surface area contributed by atoms with Crippen LogP contribution >= 0.6 is 0 Å². The summed E-state index contributed by atoms with van der Waals surface area (Å²) in [6.07, 6.45) is 5.68.